The first-order chi connectivity index (χ1) is 5.77. The molecule has 0 unspecified atom stereocenters. The minimum Gasteiger partial charge on any atom is -0.396 e. The van der Waals surface area contributed by atoms with Crippen LogP contribution in [0.25, 0.3) is 0 Å². The Kier molecular flexibility index (Phi) is 8.57. The molecule has 0 radical (unpaired) electrons. The number of unbranched alkanes of at least 4 members (excludes halogenated alkanes) is 5. The van der Waals surface area contributed by atoms with Crippen molar-refractivity contribution in [3.05, 3.63) is 12.2 Å². The number of aliphatic hydroxyl groups excluding tert-OH is 1. The standard InChI is InChI=1S/C11H22O/c1-11(2)9-7-5-3-4-6-8-10-12/h12H,1,3-10H2,2H3. The van der Waals surface area contributed by atoms with E-state index in [0.29, 0.717) is 6.61 Å². The predicted molar refractivity (Wildman–Crippen MR) is 54.2 cm³/mol. The third-order valence-electron chi connectivity index (χ3n) is 2.01. The smallest absolute Gasteiger partial charge is 0.0431 e. The Morgan fingerprint density at radius 3 is 2.00 bits per heavy atom. The summed E-state index contributed by atoms with van der Waals surface area (Å²) >= 11 is 0. The molecule has 1 nitrogen and oxygen atoms in total. The summed E-state index contributed by atoms with van der Waals surface area (Å²) in [7, 11) is 0. The van der Waals surface area contributed by atoms with Gasteiger partial charge >= 0.3 is 0 Å². The molecule has 0 amide bonds. The fraction of sp³-hybridized carbons (Fsp3) is 0.818. The Hall–Kier alpha value is -0.300. The highest BCUT2D eigenvalue weighted by molar-refractivity contribution is 4.86. The Morgan fingerprint density at radius 2 is 1.50 bits per heavy atom. The number of hydrogen-bond acceptors (Lipinski definition) is 1. The summed E-state index contributed by atoms with van der Waals surface area (Å²) < 4.78 is 0. The van der Waals surface area contributed by atoms with Crippen LogP contribution in [0, 0.1) is 0 Å². The van der Waals surface area contributed by atoms with Gasteiger partial charge in [0, 0.05) is 6.61 Å². The topological polar surface area (TPSA) is 20.2 Å². The van der Waals surface area contributed by atoms with Gasteiger partial charge in [-0.05, 0) is 26.2 Å². The molecule has 0 aromatic carbocycles. The van der Waals surface area contributed by atoms with Crippen LogP contribution in [-0.4, -0.2) is 11.7 Å². The molecule has 72 valence electrons. The van der Waals surface area contributed by atoms with Crippen molar-refractivity contribution in [3.8, 4) is 0 Å². The van der Waals surface area contributed by atoms with Crippen molar-refractivity contribution in [1.82, 2.24) is 0 Å². The molecule has 0 rings (SSSR count). The lowest BCUT2D eigenvalue weighted by Gasteiger charge is -2.00. The second-order valence-electron chi connectivity index (χ2n) is 3.55. The third-order valence-corrected chi connectivity index (χ3v) is 2.01. The van der Waals surface area contributed by atoms with Crippen LogP contribution in [0.3, 0.4) is 0 Å². The van der Waals surface area contributed by atoms with Crippen molar-refractivity contribution in [2.24, 2.45) is 0 Å². The van der Waals surface area contributed by atoms with E-state index in [1.54, 1.807) is 0 Å². The highest BCUT2D eigenvalue weighted by Gasteiger charge is 1.90. The zero-order valence-electron chi connectivity index (χ0n) is 8.31. The van der Waals surface area contributed by atoms with Crippen molar-refractivity contribution in [3.63, 3.8) is 0 Å². The second kappa shape index (κ2) is 8.79. The highest BCUT2D eigenvalue weighted by atomic mass is 16.2. The maximum atomic E-state index is 8.53. The lowest BCUT2D eigenvalue weighted by molar-refractivity contribution is 0.282. The molecule has 0 heterocycles. The summed E-state index contributed by atoms with van der Waals surface area (Å²) in [6.07, 6.45) is 8.53. The molecule has 0 saturated carbocycles. The normalized spacial score (nSPS) is 10.2. The molecule has 0 aliphatic heterocycles. The van der Waals surface area contributed by atoms with E-state index in [1.807, 2.05) is 0 Å². The van der Waals surface area contributed by atoms with Crippen LogP contribution in [-0.2, 0) is 0 Å². The van der Waals surface area contributed by atoms with Crippen LogP contribution in [0.4, 0.5) is 0 Å². The van der Waals surface area contributed by atoms with E-state index in [2.05, 4.69) is 13.5 Å². The summed E-state index contributed by atoms with van der Waals surface area (Å²) in [5.41, 5.74) is 1.30. The third kappa shape index (κ3) is 9.70. The van der Waals surface area contributed by atoms with Gasteiger partial charge in [-0.25, -0.2) is 0 Å². The Bertz CT molecular complexity index is 108. The van der Waals surface area contributed by atoms with E-state index in [-0.39, 0.29) is 0 Å². The molecule has 0 aliphatic rings. The van der Waals surface area contributed by atoms with Gasteiger partial charge in [-0.1, -0.05) is 31.3 Å². The Labute approximate surface area is 76.5 Å². The molecule has 1 heteroatoms. The van der Waals surface area contributed by atoms with Gasteiger partial charge in [-0.15, -0.1) is 6.58 Å². The largest absolute Gasteiger partial charge is 0.396 e. The SMILES string of the molecule is C=C(C)CCCCCCCCO. The van der Waals surface area contributed by atoms with Gasteiger partial charge in [-0.2, -0.15) is 0 Å². The zero-order valence-corrected chi connectivity index (χ0v) is 8.31. The number of rotatable bonds is 8. The van der Waals surface area contributed by atoms with Gasteiger partial charge < -0.3 is 5.11 Å². The Balaban J connectivity index is 2.86. The minimum atomic E-state index is 0.353. The van der Waals surface area contributed by atoms with Gasteiger partial charge in [-0.3, -0.25) is 0 Å². The number of allylic oxidation sites excluding steroid dienone is 1. The van der Waals surface area contributed by atoms with Crippen LogP contribution in [0.1, 0.15) is 51.9 Å². The highest BCUT2D eigenvalue weighted by Crippen LogP contribution is 2.09. The second-order valence-corrected chi connectivity index (χ2v) is 3.55. The molecule has 0 saturated heterocycles. The van der Waals surface area contributed by atoms with Crippen LogP contribution in [0.15, 0.2) is 12.2 Å². The molecular formula is C11H22O. The number of hydrogen-bond donors (Lipinski definition) is 1. The molecular weight excluding hydrogens is 148 g/mol. The van der Waals surface area contributed by atoms with E-state index in [9.17, 15) is 0 Å². The molecule has 1 N–H and O–H groups in total. The average Bonchev–Trinajstić information content (AvgIpc) is 2.02. The van der Waals surface area contributed by atoms with E-state index in [0.717, 1.165) is 6.42 Å². The average molecular weight is 170 g/mol. The molecule has 0 aliphatic carbocycles. The molecule has 0 atom stereocenters. The molecule has 0 bridgehead atoms. The van der Waals surface area contributed by atoms with Crippen LogP contribution >= 0.6 is 0 Å². The summed E-state index contributed by atoms with van der Waals surface area (Å²) in [4.78, 5) is 0. The zero-order chi connectivity index (χ0) is 9.23. The van der Waals surface area contributed by atoms with Crippen molar-refractivity contribution in [2.75, 3.05) is 6.61 Å². The fourth-order valence-electron chi connectivity index (χ4n) is 1.25. The van der Waals surface area contributed by atoms with E-state index < -0.39 is 0 Å². The Morgan fingerprint density at radius 1 is 1.00 bits per heavy atom. The molecule has 0 fully saturated rings. The van der Waals surface area contributed by atoms with Crippen molar-refractivity contribution in [1.29, 1.82) is 0 Å². The first-order valence-electron chi connectivity index (χ1n) is 5.02. The van der Waals surface area contributed by atoms with E-state index >= 15 is 0 Å². The van der Waals surface area contributed by atoms with Crippen LogP contribution < -0.4 is 0 Å². The van der Waals surface area contributed by atoms with E-state index in [4.69, 9.17) is 5.11 Å². The van der Waals surface area contributed by atoms with Crippen molar-refractivity contribution >= 4 is 0 Å². The summed E-state index contributed by atoms with van der Waals surface area (Å²) in [6, 6.07) is 0. The summed E-state index contributed by atoms with van der Waals surface area (Å²) in [5.74, 6) is 0. The fourth-order valence-corrected chi connectivity index (χ4v) is 1.25. The lowest BCUT2D eigenvalue weighted by Crippen LogP contribution is -1.84. The van der Waals surface area contributed by atoms with Crippen molar-refractivity contribution < 1.29 is 5.11 Å². The maximum absolute atomic E-state index is 8.53. The van der Waals surface area contributed by atoms with Crippen LogP contribution in [0.2, 0.25) is 0 Å². The molecule has 0 spiro atoms. The van der Waals surface area contributed by atoms with Gasteiger partial charge in [0.25, 0.3) is 0 Å². The van der Waals surface area contributed by atoms with Gasteiger partial charge in [0.05, 0.1) is 0 Å². The van der Waals surface area contributed by atoms with Crippen molar-refractivity contribution in [2.45, 2.75) is 51.9 Å². The maximum Gasteiger partial charge on any atom is 0.0431 e. The number of aliphatic hydroxyl groups is 1. The van der Waals surface area contributed by atoms with Gasteiger partial charge in [0.1, 0.15) is 0 Å². The quantitative estimate of drug-likeness (QED) is 0.438. The van der Waals surface area contributed by atoms with Gasteiger partial charge in [0.2, 0.25) is 0 Å². The molecule has 0 aromatic rings. The monoisotopic (exact) mass is 170 g/mol. The summed E-state index contributed by atoms with van der Waals surface area (Å²) in [5, 5.41) is 8.53. The minimum absolute atomic E-state index is 0.353. The first-order valence-corrected chi connectivity index (χ1v) is 5.02. The lowest BCUT2D eigenvalue weighted by atomic mass is 10.1. The van der Waals surface area contributed by atoms with Gasteiger partial charge in [0.15, 0.2) is 0 Å². The summed E-state index contributed by atoms with van der Waals surface area (Å²) in [6.45, 7) is 6.31. The predicted octanol–water partition coefficient (Wildman–Crippen LogP) is 3.29. The first kappa shape index (κ1) is 11.7. The van der Waals surface area contributed by atoms with Crippen LogP contribution in [0.5, 0.6) is 0 Å². The molecule has 0 aromatic heterocycles. The van der Waals surface area contributed by atoms with E-state index in [1.165, 1.54) is 44.1 Å². The molecule has 12 heavy (non-hydrogen) atoms.